The van der Waals surface area contributed by atoms with Crippen LogP contribution in [0.15, 0.2) is 0 Å². The lowest BCUT2D eigenvalue weighted by Gasteiger charge is -2.18. The van der Waals surface area contributed by atoms with E-state index in [-0.39, 0.29) is 0 Å². The third-order valence-corrected chi connectivity index (χ3v) is 2.45. The minimum atomic E-state index is 0.513. The molecule has 0 aliphatic heterocycles. The molecule has 0 aliphatic carbocycles. The van der Waals surface area contributed by atoms with Crippen LogP contribution in [0, 0.1) is 11.8 Å². The topological polar surface area (TPSA) is 26.3 Å². The molecule has 2 atom stereocenters. The summed E-state index contributed by atoms with van der Waals surface area (Å²) in [4.78, 5) is 9.73. The fraction of sp³-hybridized carbons (Fsp3) is 0.900. The Labute approximate surface area is 75.3 Å². The summed E-state index contributed by atoms with van der Waals surface area (Å²) >= 11 is 0. The Morgan fingerprint density at radius 2 is 1.83 bits per heavy atom. The summed E-state index contributed by atoms with van der Waals surface area (Å²) < 4.78 is 4.53. The third kappa shape index (κ3) is 5.16. The zero-order valence-electron chi connectivity index (χ0n) is 8.30. The SMILES string of the molecule is CCCC(C)C(C)CCO[C]=O. The van der Waals surface area contributed by atoms with Gasteiger partial charge < -0.3 is 4.74 Å². The number of hydrogen-bond donors (Lipinski definition) is 0. The molecule has 0 amide bonds. The van der Waals surface area contributed by atoms with Gasteiger partial charge in [-0.15, -0.1) is 0 Å². The molecule has 0 spiro atoms. The van der Waals surface area contributed by atoms with Gasteiger partial charge in [-0.25, -0.2) is 4.79 Å². The predicted octanol–water partition coefficient (Wildman–Crippen LogP) is 2.53. The van der Waals surface area contributed by atoms with Gasteiger partial charge in [0.25, 0.3) is 0 Å². The van der Waals surface area contributed by atoms with Gasteiger partial charge in [-0.05, 0) is 18.3 Å². The van der Waals surface area contributed by atoms with Crippen molar-refractivity contribution in [3.63, 3.8) is 0 Å². The Morgan fingerprint density at radius 1 is 1.25 bits per heavy atom. The van der Waals surface area contributed by atoms with Crippen molar-refractivity contribution in [2.24, 2.45) is 11.8 Å². The molecule has 71 valence electrons. The average Bonchev–Trinajstić information content (AvgIpc) is 2.05. The minimum Gasteiger partial charge on any atom is -0.457 e. The minimum absolute atomic E-state index is 0.513. The lowest BCUT2D eigenvalue weighted by atomic mass is 9.90. The van der Waals surface area contributed by atoms with E-state index in [9.17, 15) is 4.79 Å². The van der Waals surface area contributed by atoms with Crippen LogP contribution in [-0.2, 0) is 9.53 Å². The number of rotatable bonds is 7. The zero-order chi connectivity index (χ0) is 9.40. The molecule has 0 aromatic heterocycles. The molecule has 2 nitrogen and oxygen atoms in total. The molecule has 0 N–H and O–H groups in total. The van der Waals surface area contributed by atoms with Gasteiger partial charge >= 0.3 is 6.47 Å². The number of hydrogen-bond acceptors (Lipinski definition) is 2. The molecule has 0 saturated carbocycles. The van der Waals surface area contributed by atoms with Crippen LogP contribution in [-0.4, -0.2) is 13.1 Å². The monoisotopic (exact) mass is 171 g/mol. The maximum atomic E-state index is 9.73. The van der Waals surface area contributed by atoms with Gasteiger partial charge in [0.2, 0.25) is 0 Å². The van der Waals surface area contributed by atoms with Crippen molar-refractivity contribution < 1.29 is 9.53 Å². The van der Waals surface area contributed by atoms with Crippen LogP contribution in [0.3, 0.4) is 0 Å². The summed E-state index contributed by atoms with van der Waals surface area (Å²) in [6, 6.07) is 0. The standard InChI is InChI=1S/C10H19O2/c1-4-5-9(2)10(3)6-7-12-8-11/h9-10H,4-7H2,1-3H3. The number of ether oxygens (including phenoxy) is 1. The van der Waals surface area contributed by atoms with E-state index in [1.165, 1.54) is 19.3 Å². The molecule has 0 saturated heterocycles. The molecule has 0 bridgehead atoms. The highest BCUT2D eigenvalue weighted by Gasteiger charge is 2.10. The molecular formula is C10H19O2. The van der Waals surface area contributed by atoms with Crippen molar-refractivity contribution in [2.45, 2.75) is 40.0 Å². The smallest absolute Gasteiger partial charge is 0.417 e. The maximum absolute atomic E-state index is 9.73. The largest absolute Gasteiger partial charge is 0.457 e. The van der Waals surface area contributed by atoms with E-state index in [1.807, 2.05) is 0 Å². The Bertz CT molecular complexity index is 112. The Morgan fingerprint density at radius 3 is 2.33 bits per heavy atom. The summed E-state index contributed by atoms with van der Waals surface area (Å²) in [5.74, 6) is 1.36. The van der Waals surface area contributed by atoms with E-state index in [0.29, 0.717) is 12.5 Å². The molecule has 2 heteroatoms. The van der Waals surface area contributed by atoms with Gasteiger partial charge in [0, 0.05) is 0 Å². The van der Waals surface area contributed by atoms with Gasteiger partial charge in [-0.1, -0.05) is 33.6 Å². The van der Waals surface area contributed by atoms with E-state index in [0.717, 1.165) is 12.3 Å². The molecule has 2 unspecified atom stereocenters. The van der Waals surface area contributed by atoms with E-state index in [2.05, 4.69) is 25.5 Å². The fourth-order valence-corrected chi connectivity index (χ4v) is 1.31. The Hall–Kier alpha value is -0.530. The molecule has 1 radical (unpaired) electrons. The lowest BCUT2D eigenvalue weighted by Crippen LogP contribution is -2.10. The van der Waals surface area contributed by atoms with Crippen LogP contribution in [0.2, 0.25) is 0 Å². The first-order valence-corrected chi connectivity index (χ1v) is 4.71. The van der Waals surface area contributed by atoms with Gasteiger partial charge in [0.05, 0.1) is 6.61 Å². The quantitative estimate of drug-likeness (QED) is 0.550. The van der Waals surface area contributed by atoms with E-state index in [4.69, 9.17) is 0 Å². The molecule has 0 aromatic rings. The van der Waals surface area contributed by atoms with E-state index < -0.39 is 0 Å². The molecule has 0 rings (SSSR count). The zero-order valence-corrected chi connectivity index (χ0v) is 8.30. The normalized spacial score (nSPS) is 15.2. The van der Waals surface area contributed by atoms with Crippen LogP contribution >= 0.6 is 0 Å². The first kappa shape index (κ1) is 11.5. The first-order valence-electron chi connectivity index (χ1n) is 4.71. The molecular weight excluding hydrogens is 152 g/mol. The Kier molecular flexibility index (Phi) is 6.82. The summed E-state index contributed by atoms with van der Waals surface area (Å²) in [6.45, 7) is 8.60. The van der Waals surface area contributed by atoms with Crippen LogP contribution < -0.4 is 0 Å². The van der Waals surface area contributed by atoms with Crippen molar-refractivity contribution in [2.75, 3.05) is 6.61 Å². The highest BCUT2D eigenvalue weighted by Crippen LogP contribution is 2.19. The van der Waals surface area contributed by atoms with Crippen molar-refractivity contribution in [1.82, 2.24) is 0 Å². The van der Waals surface area contributed by atoms with Crippen molar-refractivity contribution >= 4 is 6.47 Å². The maximum Gasteiger partial charge on any atom is 0.417 e. The predicted molar refractivity (Wildman–Crippen MR) is 49.5 cm³/mol. The fourth-order valence-electron chi connectivity index (χ4n) is 1.31. The Balaban J connectivity index is 3.41. The van der Waals surface area contributed by atoms with Crippen molar-refractivity contribution in [3.05, 3.63) is 0 Å². The van der Waals surface area contributed by atoms with Crippen LogP contribution in [0.25, 0.3) is 0 Å². The van der Waals surface area contributed by atoms with Crippen LogP contribution in [0.5, 0.6) is 0 Å². The van der Waals surface area contributed by atoms with Gasteiger partial charge in [0.1, 0.15) is 0 Å². The third-order valence-electron chi connectivity index (χ3n) is 2.45. The summed E-state index contributed by atoms with van der Waals surface area (Å²) in [7, 11) is 0. The second-order valence-electron chi connectivity index (χ2n) is 3.46. The highest BCUT2D eigenvalue weighted by molar-refractivity contribution is 5.37. The molecule has 0 heterocycles. The van der Waals surface area contributed by atoms with Gasteiger partial charge in [0.15, 0.2) is 0 Å². The molecule has 12 heavy (non-hydrogen) atoms. The summed E-state index contributed by atoms with van der Waals surface area (Å²) in [5.41, 5.74) is 0. The molecule has 0 aromatic carbocycles. The first-order chi connectivity index (χ1) is 5.72. The van der Waals surface area contributed by atoms with Gasteiger partial charge in [-0.2, -0.15) is 0 Å². The lowest BCUT2D eigenvalue weighted by molar-refractivity contribution is 0.226. The second-order valence-corrected chi connectivity index (χ2v) is 3.46. The second kappa shape index (κ2) is 7.14. The molecule has 0 aliphatic rings. The summed E-state index contributed by atoms with van der Waals surface area (Å²) in [5, 5.41) is 0. The van der Waals surface area contributed by atoms with E-state index in [1.54, 1.807) is 0 Å². The highest BCUT2D eigenvalue weighted by atomic mass is 16.5. The van der Waals surface area contributed by atoms with Crippen LogP contribution in [0.1, 0.15) is 40.0 Å². The van der Waals surface area contributed by atoms with Gasteiger partial charge in [-0.3, -0.25) is 0 Å². The van der Waals surface area contributed by atoms with E-state index >= 15 is 0 Å². The van der Waals surface area contributed by atoms with Crippen molar-refractivity contribution in [3.8, 4) is 0 Å². The number of carbonyl (C=O) groups excluding carboxylic acids is 1. The average molecular weight is 171 g/mol. The van der Waals surface area contributed by atoms with Crippen LogP contribution in [0.4, 0.5) is 0 Å². The molecule has 0 fully saturated rings. The summed E-state index contributed by atoms with van der Waals surface area (Å²) in [6.07, 6.45) is 3.44. The van der Waals surface area contributed by atoms with Crippen molar-refractivity contribution in [1.29, 1.82) is 0 Å².